The molecule has 0 radical (unpaired) electrons. The Morgan fingerprint density at radius 3 is 2.17 bits per heavy atom. The van der Waals surface area contributed by atoms with Gasteiger partial charge in [-0.15, -0.1) is 0 Å². The monoisotopic (exact) mass is 479 g/mol. The van der Waals surface area contributed by atoms with Gasteiger partial charge in [0.1, 0.15) is 5.75 Å². The van der Waals surface area contributed by atoms with Crippen LogP contribution in [-0.4, -0.2) is 73.0 Å². The number of para-hydroxylation sites is 1. The number of nitrogens with zero attached hydrogens (tertiary/aromatic N) is 2. The van der Waals surface area contributed by atoms with Crippen LogP contribution >= 0.6 is 0 Å². The molecule has 2 unspecified atom stereocenters. The van der Waals surface area contributed by atoms with Crippen molar-refractivity contribution in [3.05, 3.63) is 59.7 Å². The highest BCUT2D eigenvalue weighted by Gasteiger charge is 2.34. The van der Waals surface area contributed by atoms with Gasteiger partial charge in [0.15, 0.2) is 0 Å². The van der Waals surface area contributed by atoms with Crippen LogP contribution in [0.15, 0.2) is 48.5 Å². The molecule has 2 aliphatic rings. The molecule has 2 saturated heterocycles. The van der Waals surface area contributed by atoms with E-state index >= 15 is 0 Å². The summed E-state index contributed by atoms with van der Waals surface area (Å²) in [4.78, 5) is 42.8. The van der Waals surface area contributed by atoms with E-state index in [1.807, 2.05) is 18.7 Å². The van der Waals surface area contributed by atoms with Crippen molar-refractivity contribution in [3.63, 3.8) is 0 Å². The average Bonchev–Trinajstić information content (AvgIpc) is 2.87. The zero-order valence-electron chi connectivity index (χ0n) is 20.5. The van der Waals surface area contributed by atoms with Gasteiger partial charge in [0.2, 0.25) is 5.91 Å². The quantitative estimate of drug-likeness (QED) is 0.710. The van der Waals surface area contributed by atoms with Crippen LogP contribution in [0.4, 0.5) is 5.69 Å². The number of ether oxygens (including phenoxy) is 2. The van der Waals surface area contributed by atoms with E-state index in [-0.39, 0.29) is 35.8 Å². The maximum atomic E-state index is 13.3. The van der Waals surface area contributed by atoms with Crippen LogP contribution in [0, 0.1) is 5.92 Å². The van der Waals surface area contributed by atoms with Gasteiger partial charge in [-0.25, -0.2) is 0 Å². The maximum Gasteiger partial charge on any atom is 0.255 e. The molecule has 2 aliphatic heterocycles. The number of carbonyl (C=O) groups excluding carboxylic acids is 3. The number of piperidine rings is 1. The number of hydrogen-bond acceptors (Lipinski definition) is 5. The molecule has 4 rings (SSSR count). The van der Waals surface area contributed by atoms with Gasteiger partial charge in [0.25, 0.3) is 11.8 Å². The molecular weight excluding hydrogens is 446 g/mol. The number of morpholine rings is 1. The number of rotatable bonds is 5. The SMILES string of the molecule is COc1ccc(C(=O)Nc2ccccc2C(=O)N2CCC(C(=O)N3CC(C)OC(C)C3)CC2)cc1. The van der Waals surface area contributed by atoms with Gasteiger partial charge in [-0.3, -0.25) is 14.4 Å². The molecule has 0 spiro atoms. The van der Waals surface area contributed by atoms with Crippen LogP contribution in [0.25, 0.3) is 0 Å². The van der Waals surface area contributed by atoms with E-state index < -0.39 is 0 Å². The van der Waals surface area contributed by atoms with Crippen molar-refractivity contribution in [1.29, 1.82) is 0 Å². The lowest BCUT2D eigenvalue weighted by Gasteiger charge is -2.39. The lowest BCUT2D eigenvalue weighted by Crippen LogP contribution is -2.51. The molecule has 2 heterocycles. The lowest BCUT2D eigenvalue weighted by molar-refractivity contribution is -0.148. The Balaban J connectivity index is 1.38. The van der Waals surface area contributed by atoms with Gasteiger partial charge in [-0.1, -0.05) is 12.1 Å². The Hall–Kier alpha value is -3.39. The minimum Gasteiger partial charge on any atom is -0.497 e. The summed E-state index contributed by atoms with van der Waals surface area (Å²) in [6.07, 6.45) is 1.33. The molecule has 0 aliphatic carbocycles. The van der Waals surface area contributed by atoms with Gasteiger partial charge < -0.3 is 24.6 Å². The predicted molar refractivity (Wildman–Crippen MR) is 133 cm³/mol. The summed E-state index contributed by atoms with van der Waals surface area (Å²) in [6.45, 7) is 6.22. The number of nitrogens with one attached hydrogen (secondary N) is 1. The summed E-state index contributed by atoms with van der Waals surface area (Å²) < 4.78 is 10.9. The van der Waals surface area contributed by atoms with Crippen LogP contribution in [0.5, 0.6) is 5.75 Å². The first kappa shape index (κ1) is 24.7. The van der Waals surface area contributed by atoms with Crippen LogP contribution in [0.1, 0.15) is 47.4 Å². The Morgan fingerprint density at radius 1 is 0.914 bits per heavy atom. The summed E-state index contributed by atoms with van der Waals surface area (Å²) in [6, 6.07) is 13.8. The van der Waals surface area contributed by atoms with Gasteiger partial charge >= 0.3 is 0 Å². The molecular formula is C27H33N3O5. The molecule has 186 valence electrons. The van der Waals surface area contributed by atoms with E-state index in [1.54, 1.807) is 60.5 Å². The number of hydrogen-bond donors (Lipinski definition) is 1. The highest BCUT2D eigenvalue weighted by atomic mass is 16.5. The van der Waals surface area contributed by atoms with Crippen LogP contribution in [0.2, 0.25) is 0 Å². The van der Waals surface area contributed by atoms with E-state index in [1.165, 1.54) is 0 Å². The maximum absolute atomic E-state index is 13.3. The average molecular weight is 480 g/mol. The van der Waals surface area contributed by atoms with Crippen molar-refractivity contribution < 1.29 is 23.9 Å². The fourth-order valence-corrected chi connectivity index (χ4v) is 4.83. The topological polar surface area (TPSA) is 88.2 Å². The molecule has 8 heteroatoms. The van der Waals surface area contributed by atoms with Gasteiger partial charge in [0, 0.05) is 37.7 Å². The van der Waals surface area contributed by atoms with Gasteiger partial charge in [-0.2, -0.15) is 0 Å². The van der Waals surface area contributed by atoms with E-state index in [9.17, 15) is 14.4 Å². The van der Waals surface area contributed by atoms with Gasteiger partial charge in [0.05, 0.1) is 30.6 Å². The number of anilines is 1. The molecule has 0 bridgehead atoms. The molecule has 2 atom stereocenters. The summed E-state index contributed by atoms with van der Waals surface area (Å²) in [5.41, 5.74) is 1.38. The molecule has 8 nitrogen and oxygen atoms in total. The Labute approximate surface area is 206 Å². The smallest absolute Gasteiger partial charge is 0.255 e. The van der Waals surface area contributed by atoms with E-state index in [0.29, 0.717) is 61.6 Å². The van der Waals surface area contributed by atoms with Crippen molar-refractivity contribution in [1.82, 2.24) is 9.80 Å². The standard InChI is InChI=1S/C27H33N3O5/c1-18-16-30(17-19(2)35-18)26(32)21-12-14-29(15-13-21)27(33)23-6-4-5-7-24(23)28-25(31)20-8-10-22(34-3)11-9-20/h4-11,18-19,21H,12-17H2,1-3H3,(H,28,31). The highest BCUT2D eigenvalue weighted by molar-refractivity contribution is 6.09. The van der Waals surface area contributed by atoms with E-state index in [2.05, 4.69) is 5.32 Å². The molecule has 0 saturated carbocycles. The number of amides is 3. The lowest BCUT2D eigenvalue weighted by atomic mass is 9.94. The van der Waals surface area contributed by atoms with E-state index in [0.717, 1.165) is 0 Å². The Morgan fingerprint density at radius 2 is 1.54 bits per heavy atom. The fourth-order valence-electron chi connectivity index (χ4n) is 4.83. The summed E-state index contributed by atoms with van der Waals surface area (Å²) in [5.74, 6) is 0.297. The molecule has 2 fully saturated rings. The third-order valence-electron chi connectivity index (χ3n) is 6.62. The molecule has 0 aromatic heterocycles. The number of likely N-dealkylation sites (tertiary alicyclic amines) is 1. The zero-order chi connectivity index (χ0) is 24.9. The van der Waals surface area contributed by atoms with Crippen LogP contribution in [0.3, 0.4) is 0 Å². The van der Waals surface area contributed by atoms with Crippen molar-refractivity contribution in [2.24, 2.45) is 5.92 Å². The largest absolute Gasteiger partial charge is 0.497 e. The van der Waals surface area contributed by atoms with E-state index in [4.69, 9.17) is 9.47 Å². The normalized spacial score (nSPS) is 20.9. The molecule has 2 aromatic rings. The van der Waals surface area contributed by atoms with Crippen molar-refractivity contribution in [2.45, 2.75) is 38.9 Å². The third-order valence-corrected chi connectivity index (χ3v) is 6.62. The molecule has 2 aromatic carbocycles. The minimum absolute atomic E-state index is 0.0361. The third kappa shape index (κ3) is 5.82. The zero-order valence-corrected chi connectivity index (χ0v) is 20.5. The summed E-state index contributed by atoms with van der Waals surface area (Å²) in [7, 11) is 1.57. The van der Waals surface area contributed by atoms with Crippen molar-refractivity contribution >= 4 is 23.4 Å². The van der Waals surface area contributed by atoms with Crippen LogP contribution < -0.4 is 10.1 Å². The van der Waals surface area contributed by atoms with Gasteiger partial charge in [-0.05, 0) is 63.1 Å². The minimum atomic E-state index is -0.300. The number of carbonyl (C=O) groups is 3. The summed E-state index contributed by atoms with van der Waals surface area (Å²) >= 11 is 0. The fraction of sp³-hybridized carbons (Fsp3) is 0.444. The van der Waals surface area contributed by atoms with Crippen molar-refractivity contribution in [2.75, 3.05) is 38.6 Å². The van der Waals surface area contributed by atoms with Crippen LogP contribution in [-0.2, 0) is 9.53 Å². The second kappa shape index (κ2) is 10.9. The number of methoxy groups -OCH3 is 1. The molecule has 35 heavy (non-hydrogen) atoms. The first-order valence-electron chi connectivity index (χ1n) is 12.1. The number of benzene rings is 2. The highest BCUT2D eigenvalue weighted by Crippen LogP contribution is 2.25. The summed E-state index contributed by atoms with van der Waals surface area (Å²) in [5, 5.41) is 2.86. The first-order chi connectivity index (χ1) is 16.9. The Bertz CT molecular complexity index is 1050. The molecule has 1 N–H and O–H groups in total. The molecule has 3 amide bonds. The second-order valence-corrected chi connectivity index (χ2v) is 9.30. The second-order valence-electron chi connectivity index (χ2n) is 9.30. The first-order valence-corrected chi connectivity index (χ1v) is 12.1. The van der Waals surface area contributed by atoms with Crippen molar-refractivity contribution in [3.8, 4) is 5.75 Å². The Kier molecular flexibility index (Phi) is 7.70. The predicted octanol–water partition coefficient (Wildman–Crippen LogP) is 3.44.